The predicted molar refractivity (Wildman–Crippen MR) is 80.0 cm³/mol. The zero-order chi connectivity index (χ0) is 14.4. The van der Waals surface area contributed by atoms with E-state index >= 15 is 0 Å². The van der Waals surface area contributed by atoms with E-state index in [1.165, 1.54) is 5.56 Å². The summed E-state index contributed by atoms with van der Waals surface area (Å²) in [6.07, 6.45) is 4.73. The second kappa shape index (κ2) is 6.98. The number of hydrogen-bond acceptors (Lipinski definition) is 2. The summed E-state index contributed by atoms with van der Waals surface area (Å²) < 4.78 is 5.16. The Balaban J connectivity index is 1.96. The molecule has 4 nitrogen and oxygen atoms in total. The highest BCUT2D eigenvalue weighted by molar-refractivity contribution is 5.75. The molecule has 0 aliphatic carbocycles. The fourth-order valence-electron chi connectivity index (χ4n) is 2.61. The summed E-state index contributed by atoms with van der Waals surface area (Å²) in [5.41, 5.74) is 1.24. The quantitative estimate of drug-likeness (QED) is 0.839. The Hall–Kier alpha value is -1.97. The minimum absolute atomic E-state index is 0.0147. The van der Waals surface area contributed by atoms with E-state index in [0.717, 1.165) is 31.6 Å². The first-order valence-corrected chi connectivity index (χ1v) is 7.03. The highest BCUT2D eigenvalue weighted by Gasteiger charge is 2.28. The number of rotatable bonds is 5. The van der Waals surface area contributed by atoms with Crippen LogP contribution in [-0.4, -0.2) is 37.2 Å². The Morgan fingerprint density at radius 3 is 2.90 bits per heavy atom. The van der Waals surface area contributed by atoms with Gasteiger partial charge in [-0.1, -0.05) is 18.2 Å². The van der Waals surface area contributed by atoms with Crippen LogP contribution in [0, 0.1) is 0 Å². The third kappa shape index (κ3) is 3.53. The molecule has 1 N–H and O–H groups in total. The summed E-state index contributed by atoms with van der Waals surface area (Å²) in [5, 5.41) is 2.86. The second-order valence-electron chi connectivity index (χ2n) is 5.02. The third-order valence-corrected chi connectivity index (χ3v) is 3.67. The van der Waals surface area contributed by atoms with Crippen LogP contribution in [0.5, 0.6) is 5.75 Å². The van der Waals surface area contributed by atoms with Crippen LogP contribution in [-0.2, 0) is 6.42 Å². The van der Waals surface area contributed by atoms with Gasteiger partial charge in [0.2, 0.25) is 0 Å². The SMILES string of the molecule is C=CCNC(=O)N1CCC[C@H]1Cc1ccc(OC)cc1. The molecule has 1 aromatic carbocycles. The molecule has 1 fully saturated rings. The molecule has 1 aromatic rings. The lowest BCUT2D eigenvalue weighted by atomic mass is 10.0. The Morgan fingerprint density at radius 2 is 2.25 bits per heavy atom. The molecule has 0 saturated carbocycles. The molecule has 1 aliphatic rings. The number of ether oxygens (including phenoxy) is 1. The standard InChI is InChI=1S/C16H22N2O2/c1-3-10-17-16(19)18-11-4-5-14(18)12-13-6-8-15(20-2)9-7-13/h3,6-9,14H,1,4-5,10-12H2,2H3,(H,17,19)/t14-/m0/s1. The normalized spacial score (nSPS) is 17.9. The topological polar surface area (TPSA) is 41.6 Å². The number of hydrogen-bond donors (Lipinski definition) is 1. The number of urea groups is 1. The van der Waals surface area contributed by atoms with Crippen LogP contribution < -0.4 is 10.1 Å². The molecule has 0 unspecified atom stereocenters. The van der Waals surface area contributed by atoms with Crippen molar-refractivity contribution in [1.29, 1.82) is 0 Å². The Labute approximate surface area is 120 Å². The fourth-order valence-corrected chi connectivity index (χ4v) is 2.61. The number of nitrogens with zero attached hydrogens (tertiary/aromatic N) is 1. The first-order valence-electron chi connectivity index (χ1n) is 7.03. The van der Waals surface area contributed by atoms with E-state index in [1.807, 2.05) is 17.0 Å². The molecule has 0 radical (unpaired) electrons. The molecule has 2 rings (SSSR count). The van der Waals surface area contributed by atoms with E-state index in [4.69, 9.17) is 4.74 Å². The largest absolute Gasteiger partial charge is 0.497 e. The van der Waals surface area contributed by atoms with Gasteiger partial charge in [-0.25, -0.2) is 4.79 Å². The third-order valence-electron chi connectivity index (χ3n) is 3.67. The second-order valence-corrected chi connectivity index (χ2v) is 5.02. The minimum Gasteiger partial charge on any atom is -0.497 e. The minimum atomic E-state index is 0.0147. The van der Waals surface area contributed by atoms with Gasteiger partial charge in [-0.05, 0) is 37.0 Å². The Bertz CT molecular complexity index is 456. The predicted octanol–water partition coefficient (Wildman–Crippen LogP) is 2.60. The highest BCUT2D eigenvalue weighted by Crippen LogP contribution is 2.22. The molecule has 0 spiro atoms. The van der Waals surface area contributed by atoms with E-state index in [2.05, 4.69) is 24.0 Å². The smallest absolute Gasteiger partial charge is 0.317 e. The van der Waals surface area contributed by atoms with Crippen molar-refractivity contribution in [2.45, 2.75) is 25.3 Å². The van der Waals surface area contributed by atoms with Crippen LogP contribution in [0.25, 0.3) is 0 Å². The van der Waals surface area contributed by atoms with Gasteiger partial charge in [-0.3, -0.25) is 0 Å². The van der Waals surface area contributed by atoms with Gasteiger partial charge in [0.05, 0.1) is 7.11 Å². The van der Waals surface area contributed by atoms with Crippen molar-refractivity contribution < 1.29 is 9.53 Å². The Morgan fingerprint density at radius 1 is 1.50 bits per heavy atom. The molecule has 1 aliphatic heterocycles. The fraction of sp³-hybridized carbons (Fsp3) is 0.438. The maximum Gasteiger partial charge on any atom is 0.317 e. The van der Waals surface area contributed by atoms with Crippen molar-refractivity contribution in [2.75, 3.05) is 20.2 Å². The van der Waals surface area contributed by atoms with Gasteiger partial charge >= 0.3 is 6.03 Å². The van der Waals surface area contributed by atoms with Crippen LogP contribution in [0.4, 0.5) is 4.79 Å². The number of carbonyl (C=O) groups is 1. The zero-order valence-corrected chi connectivity index (χ0v) is 12.0. The summed E-state index contributed by atoms with van der Waals surface area (Å²) in [4.78, 5) is 14.0. The van der Waals surface area contributed by atoms with E-state index in [0.29, 0.717) is 6.54 Å². The Kier molecular flexibility index (Phi) is 5.04. The van der Waals surface area contributed by atoms with Gasteiger partial charge < -0.3 is 15.0 Å². The first-order chi connectivity index (χ1) is 9.74. The number of nitrogens with one attached hydrogen (secondary N) is 1. The van der Waals surface area contributed by atoms with Gasteiger partial charge in [-0.2, -0.15) is 0 Å². The van der Waals surface area contributed by atoms with Crippen LogP contribution in [0.3, 0.4) is 0 Å². The molecule has 1 heterocycles. The van der Waals surface area contributed by atoms with Gasteiger partial charge in [-0.15, -0.1) is 6.58 Å². The van der Waals surface area contributed by atoms with Crippen LogP contribution in [0.1, 0.15) is 18.4 Å². The summed E-state index contributed by atoms with van der Waals surface area (Å²) in [6, 6.07) is 8.36. The van der Waals surface area contributed by atoms with Crippen LogP contribution in [0.15, 0.2) is 36.9 Å². The molecule has 20 heavy (non-hydrogen) atoms. The number of likely N-dealkylation sites (tertiary alicyclic amines) is 1. The number of amides is 2. The average molecular weight is 274 g/mol. The van der Waals surface area contributed by atoms with Crippen molar-refractivity contribution in [2.24, 2.45) is 0 Å². The zero-order valence-electron chi connectivity index (χ0n) is 12.0. The highest BCUT2D eigenvalue weighted by atomic mass is 16.5. The maximum absolute atomic E-state index is 12.1. The van der Waals surface area contributed by atoms with E-state index in [-0.39, 0.29) is 12.1 Å². The van der Waals surface area contributed by atoms with Crippen LogP contribution >= 0.6 is 0 Å². The van der Waals surface area contributed by atoms with Crippen molar-refractivity contribution in [1.82, 2.24) is 10.2 Å². The lowest BCUT2D eigenvalue weighted by Crippen LogP contribution is -2.43. The van der Waals surface area contributed by atoms with Gasteiger partial charge in [0.1, 0.15) is 5.75 Å². The van der Waals surface area contributed by atoms with Gasteiger partial charge in [0.15, 0.2) is 0 Å². The summed E-state index contributed by atoms with van der Waals surface area (Å²) in [7, 11) is 1.66. The lowest BCUT2D eigenvalue weighted by Gasteiger charge is -2.25. The van der Waals surface area contributed by atoms with E-state index < -0.39 is 0 Å². The molecule has 4 heteroatoms. The van der Waals surface area contributed by atoms with Gasteiger partial charge in [0, 0.05) is 19.1 Å². The first kappa shape index (κ1) is 14.4. The van der Waals surface area contributed by atoms with E-state index in [9.17, 15) is 4.79 Å². The lowest BCUT2D eigenvalue weighted by molar-refractivity contribution is 0.193. The van der Waals surface area contributed by atoms with E-state index in [1.54, 1.807) is 13.2 Å². The van der Waals surface area contributed by atoms with Crippen molar-refractivity contribution in [3.05, 3.63) is 42.5 Å². The van der Waals surface area contributed by atoms with Gasteiger partial charge in [0.25, 0.3) is 0 Å². The molecule has 1 saturated heterocycles. The summed E-state index contributed by atoms with van der Waals surface area (Å²) in [6.45, 7) is 4.97. The molecule has 2 amide bonds. The maximum atomic E-state index is 12.1. The number of benzene rings is 1. The molecule has 0 bridgehead atoms. The molecule has 108 valence electrons. The number of carbonyl (C=O) groups excluding carboxylic acids is 1. The summed E-state index contributed by atoms with van der Waals surface area (Å²) in [5.74, 6) is 0.862. The monoisotopic (exact) mass is 274 g/mol. The molecule has 1 atom stereocenters. The van der Waals surface area contributed by atoms with Crippen molar-refractivity contribution in [3.63, 3.8) is 0 Å². The van der Waals surface area contributed by atoms with Crippen LogP contribution in [0.2, 0.25) is 0 Å². The molecular formula is C16H22N2O2. The molecule has 0 aromatic heterocycles. The molecular weight excluding hydrogens is 252 g/mol. The van der Waals surface area contributed by atoms with Crippen molar-refractivity contribution >= 4 is 6.03 Å². The number of methoxy groups -OCH3 is 1. The average Bonchev–Trinajstić information content (AvgIpc) is 2.94. The van der Waals surface area contributed by atoms with Crippen molar-refractivity contribution in [3.8, 4) is 5.75 Å². The summed E-state index contributed by atoms with van der Waals surface area (Å²) >= 11 is 0.